The molecule has 1 aliphatic rings. The van der Waals surface area contributed by atoms with Crippen LogP contribution in [0.3, 0.4) is 0 Å². The highest BCUT2D eigenvalue weighted by Gasteiger charge is 2.39. The largest absolute Gasteiger partial charge is 0.472 e. The Kier molecular flexibility index (Phi) is 9.17. The Balaban J connectivity index is 1.64. The second-order valence-corrected chi connectivity index (χ2v) is 8.24. The van der Waals surface area contributed by atoms with Crippen molar-refractivity contribution in [1.82, 2.24) is 0 Å². The van der Waals surface area contributed by atoms with E-state index in [0.29, 0.717) is 12.3 Å². The van der Waals surface area contributed by atoms with E-state index < -0.39 is 18.0 Å². The summed E-state index contributed by atoms with van der Waals surface area (Å²) in [6.07, 6.45) is 17.5. The first-order valence-electron chi connectivity index (χ1n) is 10.6. The number of hydrogen-bond acceptors (Lipinski definition) is 4. The van der Waals surface area contributed by atoms with E-state index in [0.717, 1.165) is 37.7 Å². The normalized spacial score (nSPS) is 21.8. The Hall–Kier alpha value is -2.36. The molecule has 0 N–H and O–H groups in total. The predicted molar refractivity (Wildman–Crippen MR) is 115 cm³/mol. The van der Waals surface area contributed by atoms with Crippen molar-refractivity contribution >= 4 is 11.8 Å². The van der Waals surface area contributed by atoms with E-state index in [1.165, 1.54) is 11.1 Å². The van der Waals surface area contributed by atoms with Crippen LogP contribution < -0.4 is 0 Å². The van der Waals surface area contributed by atoms with Crippen LogP contribution >= 0.6 is 0 Å². The Morgan fingerprint density at radius 2 is 2.03 bits per heavy atom. The number of allylic oxidation sites excluding steroid dienone is 5. The predicted octanol–water partition coefficient (Wildman–Crippen LogP) is 5.99. The lowest BCUT2D eigenvalue weighted by Gasteiger charge is -2.09. The van der Waals surface area contributed by atoms with Gasteiger partial charge < -0.3 is 9.15 Å². The van der Waals surface area contributed by atoms with Crippen molar-refractivity contribution in [3.05, 3.63) is 59.6 Å². The summed E-state index contributed by atoms with van der Waals surface area (Å²) in [6, 6.07) is 2.02. The molecule has 0 saturated carbocycles. The summed E-state index contributed by atoms with van der Waals surface area (Å²) < 4.78 is 10.2. The fraction of sp³-hybridized carbons (Fsp3) is 0.520. The number of aryl methyl sites for hydroxylation is 1. The van der Waals surface area contributed by atoms with Crippen LogP contribution in [0.4, 0.5) is 0 Å². The second kappa shape index (κ2) is 11.6. The number of esters is 1. The van der Waals surface area contributed by atoms with Gasteiger partial charge in [-0.25, -0.2) is 0 Å². The maximum absolute atomic E-state index is 11.9. The van der Waals surface area contributed by atoms with Gasteiger partial charge in [0.1, 0.15) is 5.92 Å². The van der Waals surface area contributed by atoms with Crippen molar-refractivity contribution in [2.75, 3.05) is 0 Å². The lowest BCUT2D eigenvalue weighted by Crippen LogP contribution is -2.18. The number of carbonyl (C=O) groups excluding carboxylic acids is 2. The molecular weight excluding hydrogens is 364 g/mol. The highest BCUT2D eigenvalue weighted by atomic mass is 16.6. The first-order valence-corrected chi connectivity index (χ1v) is 10.6. The van der Waals surface area contributed by atoms with Crippen LogP contribution in [-0.4, -0.2) is 17.9 Å². The van der Waals surface area contributed by atoms with Gasteiger partial charge in [0.05, 0.1) is 12.5 Å². The summed E-state index contributed by atoms with van der Waals surface area (Å²) in [5, 5.41) is 0. The Morgan fingerprint density at radius 3 is 2.69 bits per heavy atom. The van der Waals surface area contributed by atoms with E-state index in [9.17, 15) is 9.59 Å². The van der Waals surface area contributed by atoms with E-state index in [1.807, 2.05) is 19.3 Å². The molecule has 0 radical (unpaired) electrons. The first kappa shape index (κ1) is 22.9. The molecule has 2 heterocycles. The lowest BCUT2D eigenvalue weighted by atomic mass is 9.98. The summed E-state index contributed by atoms with van der Waals surface area (Å²) >= 11 is 0. The average molecular weight is 399 g/mol. The summed E-state index contributed by atoms with van der Waals surface area (Å²) in [5.74, 6) is -0.609. The number of ketones is 1. The van der Waals surface area contributed by atoms with E-state index in [2.05, 4.69) is 38.2 Å². The zero-order valence-corrected chi connectivity index (χ0v) is 18.1. The number of cyclic esters (lactones) is 1. The number of hydrogen-bond donors (Lipinski definition) is 0. The van der Waals surface area contributed by atoms with Gasteiger partial charge in [-0.3, -0.25) is 9.59 Å². The summed E-state index contributed by atoms with van der Waals surface area (Å²) in [7, 11) is 0. The molecule has 1 fully saturated rings. The SMILES string of the molecule is CC(=CC=C[C@@H](C)CCC=C(C)C[C@H]1OC(=O)C(C)C1=O)CCCc1ccoc1. The molecular formula is C25H34O4. The smallest absolute Gasteiger partial charge is 0.317 e. The van der Waals surface area contributed by atoms with Crippen LogP contribution in [0.2, 0.25) is 0 Å². The highest BCUT2D eigenvalue weighted by molar-refractivity contribution is 6.06. The summed E-state index contributed by atoms with van der Waals surface area (Å²) in [4.78, 5) is 23.4. The third-order valence-corrected chi connectivity index (χ3v) is 5.42. The zero-order chi connectivity index (χ0) is 21.2. The lowest BCUT2D eigenvalue weighted by molar-refractivity contribution is -0.144. The third-order valence-electron chi connectivity index (χ3n) is 5.42. The molecule has 0 spiro atoms. The Bertz CT molecular complexity index is 752. The van der Waals surface area contributed by atoms with Crippen LogP contribution in [0.15, 0.2) is 58.5 Å². The Morgan fingerprint density at radius 1 is 1.24 bits per heavy atom. The standard InChI is InChI=1S/C25H34O4/c1-18(8-5-9-19(2)11-7-13-22-14-15-28-17-22)10-6-12-20(3)16-23-24(26)21(4)25(27)29-23/h5,8-9,12,14-15,17-18,21,23H,6-7,10-11,13,16H2,1-4H3/t18-,21?,23-/m1/s1. The number of Topliss-reactive ketones (excluding diaryl/α,β-unsaturated/α-hetero) is 1. The number of furan rings is 1. The molecule has 158 valence electrons. The minimum Gasteiger partial charge on any atom is -0.472 e. The fourth-order valence-corrected chi connectivity index (χ4v) is 3.40. The molecule has 0 bridgehead atoms. The third kappa shape index (κ3) is 7.88. The minimum absolute atomic E-state index is 0.0917. The van der Waals surface area contributed by atoms with Crippen LogP contribution in [0.1, 0.15) is 65.4 Å². The van der Waals surface area contributed by atoms with Crippen molar-refractivity contribution in [1.29, 1.82) is 0 Å². The van der Waals surface area contributed by atoms with E-state index in [1.54, 1.807) is 13.2 Å². The van der Waals surface area contributed by atoms with E-state index in [-0.39, 0.29) is 5.78 Å². The van der Waals surface area contributed by atoms with E-state index in [4.69, 9.17) is 9.15 Å². The first-order chi connectivity index (χ1) is 13.9. The molecule has 0 aromatic carbocycles. The molecule has 1 aromatic heterocycles. The van der Waals surface area contributed by atoms with Crippen molar-refractivity contribution in [2.24, 2.45) is 11.8 Å². The number of ether oxygens (including phenoxy) is 1. The van der Waals surface area contributed by atoms with Crippen molar-refractivity contribution in [2.45, 2.75) is 72.3 Å². The number of rotatable bonds is 11. The molecule has 1 unspecified atom stereocenters. The molecule has 0 amide bonds. The fourth-order valence-electron chi connectivity index (χ4n) is 3.40. The summed E-state index contributed by atoms with van der Waals surface area (Å²) in [5.41, 5.74) is 3.75. The maximum atomic E-state index is 11.9. The molecule has 2 rings (SSSR count). The van der Waals surface area contributed by atoms with E-state index >= 15 is 0 Å². The quantitative estimate of drug-likeness (QED) is 0.199. The molecule has 1 aliphatic heterocycles. The molecule has 4 heteroatoms. The monoisotopic (exact) mass is 398 g/mol. The molecule has 1 saturated heterocycles. The van der Waals surface area contributed by atoms with Crippen LogP contribution in [0.5, 0.6) is 0 Å². The van der Waals surface area contributed by atoms with Gasteiger partial charge in [0.2, 0.25) is 0 Å². The minimum atomic E-state index is -0.611. The number of carbonyl (C=O) groups is 2. The van der Waals surface area contributed by atoms with Gasteiger partial charge >= 0.3 is 5.97 Å². The molecule has 3 atom stereocenters. The van der Waals surface area contributed by atoms with Gasteiger partial charge in [0.25, 0.3) is 0 Å². The van der Waals surface area contributed by atoms with Gasteiger partial charge in [-0.1, -0.05) is 42.4 Å². The molecule has 29 heavy (non-hydrogen) atoms. The van der Waals surface area contributed by atoms with Crippen LogP contribution in [0, 0.1) is 11.8 Å². The topological polar surface area (TPSA) is 56.5 Å². The van der Waals surface area contributed by atoms with Gasteiger partial charge in [0, 0.05) is 6.42 Å². The second-order valence-electron chi connectivity index (χ2n) is 8.24. The van der Waals surface area contributed by atoms with Gasteiger partial charge in [-0.2, -0.15) is 0 Å². The Labute approximate surface area is 174 Å². The van der Waals surface area contributed by atoms with Crippen molar-refractivity contribution < 1.29 is 18.7 Å². The molecule has 4 nitrogen and oxygen atoms in total. The van der Waals surface area contributed by atoms with Gasteiger partial charge in [-0.15, -0.1) is 0 Å². The summed E-state index contributed by atoms with van der Waals surface area (Å²) in [6.45, 7) is 8.01. The maximum Gasteiger partial charge on any atom is 0.317 e. The molecule has 1 aromatic rings. The highest BCUT2D eigenvalue weighted by Crippen LogP contribution is 2.22. The van der Waals surface area contributed by atoms with Gasteiger partial charge in [0.15, 0.2) is 11.9 Å². The van der Waals surface area contributed by atoms with Crippen LogP contribution in [-0.2, 0) is 20.7 Å². The average Bonchev–Trinajstić information content (AvgIpc) is 3.27. The van der Waals surface area contributed by atoms with Crippen molar-refractivity contribution in [3.63, 3.8) is 0 Å². The molecule has 0 aliphatic carbocycles. The van der Waals surface area contributed by atoms with Crippen molar-refractivity contribution in [3.8, 4) is 0 Å². The van der Waals surface area contributed by atoms with Gasteiger partial charge in [-0.05, 0) is 70.4 Å². The van der Waals surface area contributed by atoms with Crippen LogP contribution in [0.25, 0.3) is 0 Å². The zero-order valence-electron chi connectivity index (χ0n) is 18.1.